The summed E-state index contributed by atoms with van der Waals surface area (Å²) in [6, 6.07) is 9.88. The SMILES string of the molecule is O=S(=O)(c1ccccc1)c1cnc2[nH]ccc2n1. The molecule has 18 heavy (non-hydrogen) atoms. The molecule has 2 aromatic heterocycles. The number of nitrogens with zero attached hydrogens (tertiary/aromatic N) is 2. The summed E-state index contributed by atoms with van der Waals surface area (Å²) in [7, 11) is -3.60. The molecule has 0 aliphatic rings. The second-order valence-electron chi connectivity index (χ2n) is 3.74. The molecule has 0 fully saturated rings. The van der Waals surface area contributed by atoms with Gasteiger partial charge in [-0.3, -0.25) is 0 Å². The van der Waals surface area contributed by atoms with Gasteiger partial charge in [0, 0.05) is 6.20 Å². The van der Waals surface area contributed by atoms with Crippen molar-refractivity contribution in [3.05, 3.63) is 48.8 Å². The van der Waals surface area contributed by atoms with E-state index in [9.17, 15) is 8.42 Å². The van der Waals surface area contributed by atoms with Crippen LogP contribution in [0.4, 0.5) is 0 Å². The van der Waals surface area contributed by atoms with E-state index in [0.717, 1.165) is 0 Å². The summed E-state index contributed by atoms with van der Waals surface area (Å²) in [4.78, 5) is 11.2. The van der Waals surface area contributed by atoms with Crippen LogP contribution in [0.3, 0.4) is 0 Å². The Labute approximate surface area is 103 Å². The Kier molecular flexibility index (Phi) is 2.38. The maximum absolute atomic E-state index is 12.3. The summed E-state index contributed by atoms with van der Waals surface area (Å²) in [6.07, 6.45) is 2.94. The van der Waals surface area contributed by atoms with E-state index >= 15 is 0 Å². The zero-order valence-electron chi connectivity index (χ0n) is 9.24. The highest BCUT2D eigenvalue weighted by Crippen LogP contribution is 2.19. The number of sulfone groups is 1. The Morgan fingerprint density at radius 1 is 1.06 bits per heavy atom. The number of aromatic amines is 1. The van der Waals surface area contributed by atoms with E-state index in [1.165, 1.54) is 6.20 Å². The lowest BCUT2D eigenvalue weighted by atomic mass is 10.4. The normalized spacial score (nSPS) is 11.8. The molecule has 3 rings (SSSR count). The Balaban J connectivity index is 2.19. The molecule has 0 spiro atoms. The van der Waals surface area contributed by atoms with E-state index in [1.54, 1.807) is 42.6 Å². The van der Waals surface area contributed by atoms with Crippen LogP contribution in [-0.2, 0) is 9.84 Å². The molecule has 3 aromatic rings. The first-order valence-electron chi connectivity index (χ1n) is 5.28. The van der Waals surface area contributed by atoms with Gasteiger partial charge in [-0.05, 0) is 18.2 Å². The Morgan fingerprint density at radius 2 is 1.83 bits per heavy atom. The van der Waals surface area contributed by atoms with Crippen LogP contribution in [0, 0.1) is 0 Å². The van der Waals surface area contributed by atoms with Crippen LogP contribution in [0.25, 0.3) is 11.2 Å². The van der Waals surface area contributed by atoms with Crippen molar-refractivity contribution < 1.29 is 8.42 Å². The van der Waals surface area contributed by atoms with Gasteiger partial charge in [0.2, 0.25) is 9.84 Å². The third kappa shape index (κ3) is 1.67. The van der Waals surface area contributed by atoms with Gasteiger partial charge in [0.25, 0.3) is 0 Å². The van der Waals surface area contributed by atoms with Crippen LogP contribution in [0.15, 0.2) is 58.7 Å². The molecule has 0 aliphatic heterocycles. The van der Waals surface area contributed by atoms with Gasteiger partial charge in [0.05, 0.1) is 11.1 Å². The van der Waals surface area contributed by atoms with Crippen molar-refractivity contribution in [1.82, 2.24) is 15.0 Å². The highest BCUT2D eigenvalue weighted by Gasteiger charge is 2.19. The van der Waals surface area contributed by atoms with Crippen LogP contribution in [0.5, 0.6) is 0 Å². The van der Waals surface area contributed by atoms with Crippen LogP contribution in [0.1, 0.15) is 0 Å². The van der Waals surface area contributed by atoms with Crippen LogP contribution < -0.4 is 0 Å². The molecule has 0 aliphatic carbocycles. The van der Waals surface area contributed by atoms with Crippen molar-refractivity contribution in [2.75, 3.05) is 0 Å². The molecule has 90 valence electrons. The van der Waals surface area contributed by atoms with Crippen molar-refractivity contribution in [3.8, 4) is 0 Å². The van der Waals surface area contributed by atoms with Crippen molar-refractivity contribution in [2.24, 2.45) is 0 Å². The molecule has 6 heteroatoms. The lowest BCUT2D eigenvalue weighted by molar-refractivity contribution is 0.592. The molecule has 1 aromatic carbocycles. The Bertz CT molecular complexity index is 794. The maximum Gasteiger partial charge on any atom is 0.225 e. The van der Waals surface area contributed by atoms with Gasteiger partial charge in [0.1, 0.15) is 5.52 Å². The largest absolute Gasteiger partial charge is 0.345 e. The second kappa shape index (κ2) is 3.92. The topological polar surface area (TPSA) is 75.7 Å². The summed E-state index contributed by atoms with van der Waals surface area (Å²) < 4.78 is 24.6. The van der Waals surface area contributed by atoms with E-state index in [1.807, 2.05) is 0 Å². The molecule has 5 nitrogen and oxygen atoms in total. The molecule has 1 N–H and O–H groups in total. The fraction of sp³-hybridized carbons (Fsp3) is 0. The highest BCUT2D eigenvalue weighted by molar-refractivity contribution is 7.91. The van der Waals surface area contributed by atoms with Gasteiger partial charge in [-0.25, -0.2) is 18.4 Å². The lowest BCUT2D eigenvalue weighted by Gasteiger charge is -2.02. The van der Waals surface area contributed by atoms with Gasteiger partial charge in [0.15, 0.2) is 10.7 Å². The van der Waals surface area contributed by atoms with E-state index in [-0.39, 0.29) is 9.92 Å². The third-order valence-corrected chi connectivity index (χ3v) is 4.21. The molecule has 0 saturated heterocycles. The first-order chi connectivity index (χ1) is 8.68. The van der Waals surface area contributed by atoms with Crippen LogP contribution in [0.2, 0.25) is 0 Å². The average molecular weight is 259 g/mol. The fourth-order valence-corrected chi connectivity index (χ4v) is 2.83. The standard InChI is InChI=1S/C12H9N3O2S/c16-18(17,9-4-2-1-3-5-9)11-8-14-12-10(15-11)6-7-13-12/h1-8H,(H,13,14). The average Bonchev–Trinajstić information content (AvgIpc) is 2.87. The van der Waals surface area contributed by atoms with Crippen LogP contribution in [-0.4, -0.2) is 23.4 Å². The minimum atomic E-state index is -3.60. The summed E-state index contributed by atoms with van der Waals surface area (Å²) >= 11 is 0. The van der Waals surface area contributed by atoms with E-state index in [2.05, 4.69) is 15.0 Å². The van der Waals surface area contributed by atoms with Crippen molar-refractivity contribution in [2.45, 2.75) is 9.92 Å². The van der Waals surface area contributed by atoms with Gasteiger partial charge in [-0.1, -0.05) is 18.2 Å². The van der Waals surface area contributed by atoms with E-state index < -0.39 is 9.84 Å². The lowest BCUT2D eigenvalue weighted by Crippen LogP contribution is -2.04. The van der Waals surface area contributed by atoms with Crippen molar-refractivity contribution >= 4 is 21.0 Å². The predicted octanol–water partition coefficient (Wildman–Crippen LogP) is 1.79. The molecular weight excluding hydrogens is 250 g/mol. The number of H-pyrrole nitrogens is 1. The van der Waals surface area contributed by atoms with E-state index in [0.29, 0.717) is 11.2 Å². The van der Waals surface area contributed by atoms with Crippen molar-refractivity contribution in [1.29, 1.82) is 0 Å². The first-order valence-corrected chi connectivity index (χ1v) is 6.76. The molecule has 0 bridgehead atoms. The fourth-order valence-electron chi connectivity index (χ4n) is 1.66. The zero-order chi connectivity index (χ0) is 12.6. The van der Waals surface area contributed by atoms with Crippen molar-refractivity contribution in [3.63, 3.8) is 0 Å². The minimum absolute atomic E-state index is 0.0409. The molecule has 0 atom stereocenters. The second-order valence-corrected chi connectivity index (χ2v) is 5.63. The Hall–Kier alpha value is -2.21. The molecular formula is C12H9N3O2S. The number of nitrogens with one attached hydrogen (secondary N) is 1. The highest BCUT2D eigenvalue weighted by atomic mass is 32.2. The summed E-state index contributed by atoms with van der Waals surface area (Å²) in [5.41, 5.74) is 1.11. The third-order valence-electron chi connectivity index (χ3n) is 2.57. The maximum atomic E-state index is 12.3. The molecule has 0 unspecified atom stereocenters. The number of hydrogen-bond acceptors (Lipinski definition) is 4. The monoisotopic (exact) mass is 259 g/mol. The number of hydrogen-bond donors (Lipinski definition) is 1. The smallest absolute Gasteiger partial charge is 0.225 e. The molecule has 0 radical (unpaired) electrons. The number of rotatable bonds is 2. The van der Waals surface area contributed by atoms with Gasteiger partial charge >= 0.3 is 0 Å². The summed E-state index contributed by atoms with van der Waals surface area (Å²) in [5, 5.41) is -0.0409. The van der Waals surface area contributed by atoms with Gasteiger partial charge < -0.3 is 4.98 Å². The summed E-state index contributed by atoms with van der Waals surface area (Å²) in [5.74, 6) is 0. The molecule has 2 heterocycles. The quantitative estimate of drug-likeness (QED) is 0.761. The minimum Gasteiger partial charge on any atom is -0.345 e. The van der Waals surface area contributed by atoms with Gasteiger partial charge in [-0.15, -0.1) is 0 Å². The van der Waals surface area contributed by atoms with E-state index in [4.69, 9.17) is 0 Å². The summed E-state index contributed by atoms with van der Waals surface area (Å²) in [6.45, 7) is 0. The van der Waals surface area contributed by atoms with Crippen LogP contribution >= 0.6 is 0 Å². The number of aromatic nitrogens is 3. The zero-order valence-corrected chi connectivity index (χ0v) is 10.1. The van der Waals surface area contributed by atoms with Gasteiger partial charge in [-0.2, -0.15) is 0 Å². The first kappa shape index (κ1) is 10.9. The molecule has 0 amide bonds. The molecule has 0 saturated carbocycles. The predicted molar refractivity (Wildman–Crippen MR) is 65.8 cm³/mol. The number of benzene rings is 1. The number of fused-ring (bicyclic) bond motifs is 1. The Morgan fingerprint density at radius 3 is 2.61 bits per heavy atom.